The van der Waals surface area contributed by atoms with Gasteiger partial charge in [-0.05, 0) is 56.5 Å². The maximum absolute atomic E-state index is 12.2. The zero-order valence-electron chi connectivity index (χ0n) is 17.4. The van der Waals surface area contributed by atoms with E-state index >= 15 is 0 Å². The molecule has 1 fully saturated rings. The van der Waals surface area contributed by atoms with Gasteiger partial charge in [0.2, 0.25) is 11.9 Å². The van der Waals surface area contributed by atoms with Gasteiger partial charge in [-0.25, -0.2) is 9.67 Å². The first-order valence-electron chi connectivity index (χ1n) is 10.4. The van der Waals surface area contributed by atoms with Crippen molar-refractivity contribution in [2.24, 2.45) is 0 Å². The van der Waals surface area contributed by atoms with Crippen molar-refractivity contribution in [1.29, 1.82) is 0 Å². The second-order valence-corrected chi connectivity index (χ2v) is 7.51. The highest BCUT2D eigenvalue weighted by molar-refractivity contribution is 5.90. The Bertz CT molecular complexity index is 1110. The van der Waals surface area contributed by atoms with E-state index in [0.29, 0.717) is 11.6 Å². The van der Waals surface area contributed by atoms with Gasteiger partial charge in [-0.2, -0.15) is 10.1 Å². The van der Waals surface area contributed by atoms with E-state index in [0.717, 1.165) is 35.0 Å². The van der Waals surface area contributed by atoms with Crippen molar-refractivity contribution >= 4 is 29.0 Å². The first-order chi connectivity index (χ1) is 15.1. The average molecular weight is 419 g/mol. The third-order valence-corrected chi connectivity index (χ3v) is 5.02. The molecule has 0 bridgehead atoms. The molecule has 0 spiro atoms. The summed E-state index contributed by atoms with van der Waals surface area (Å²) in [5, 5.41) is 9.89. The lowest BCUT2D eigenvalue weighted by molar-refractivity contribution is -0.117. The van der Waals surface area contributed by atoms with Gasteiger partial charge in [0.25, 0.3) is 5.56 Å². The molecule has 1 saturated heterocycles. The molecule has 1 amide bonds. The first-order valence-corrected chi connectivity index (χ1v) is 10.4. The molecule has 2 N–H and O–H groups in total. The molecule has 0 radical (unpaired) electrons. The van der Waals surface area contributed by atoms with Crippen molar-refractivity contribution in [3.05, 3.63) is 64.7 Å². The molecule has 9 nitrogen and oxygen atoms in total. The molecular formula is C22H25N7O2. The molecule has 1 aliphatic rings. The van der Waals surface area contributed by atoms with Crippen LogP contribution in [-0.2, 0) is 11.3 Å². The topological polar surface area (TPSA) is 105 Å². The van der Waals surface area contributed by atoms with Crippen molar-refractivity contribution < 1.29 is 4.79 Å². The summed E-state index contributed by atoms with van der Waals surface area (Å²) in [4.78, 5) is 35.3. The van der Waals surface area contributed by atoms with Crippen LogP contribution in [0.4, 0.5) is 23.1 Å². The number of carbonyl (C=O) groups excluding carboxylic acids is 1. The Kier molecular flexibility index (Phi) is 6.21. The first kappa shape index (κ1) is 20.5. The van der Waals surface area contributed by atoms with Gasteiger partial charge in [0.15, 0.2) is 0 Å². The number of nitrogens with zero attached hydrogens (tertiary/aromatic N) is 5. The quantitative estimate of drug-likeness (QED) is 0.633. The van der Waals surface area contributed by atoms with Crippen molar-refractivity contribution in [3.8, 4) is 0 Å². The summed E-state index contributed by atoms with van der Waals surface area (Å²) >= 11 is 0. The molecule has 1 aromatic carbocycles. The number of hydrogen-bond donors (Lipinski definition) is 2. The van der Waals surface area contributed by atoms with Gasteiger partial charge in [-0.1, -0.05) is 0 Å². The molecule has 4 rings (SSSR count). The predicted molar refractivity (Wildman–Crippen MR) is 120 cm³/mol. The lowest BCUT2D eigenvalue weighted by atomic mass is 10.1. The van der Waals surface area contributed by atoms with Crippen LogP contribution in [0, 0.1) is 6.92 Å². The minimum Gasteiger partial charge on any atom is -0.356 e. The summed E-state index contributed by atoms with van der Waals surface area (Å²) in [6.07, 6.45) is 5.12. The van der Waals surface area contributed by atoms with Crippen LogP contribution in [0.2, 0.25) is 0 Å². The van der Waals surface area contributed by atoms with Gasteiger partial charge < -0.3 is 15.5 Å². The van der Waals surface area contributed by atoms with E-state index in [1.165, 1.54) is 37.6 Å². The molecular weight excluding hydrogens is 394 g/mol. The number of amides is 1. The molecule has 160 valence electrons. The van der Waals surface area contributed by atoms with Crippen LogP contribution < -0.4 is 21.1 Å². The second kappa shape index (κ2) is 9.38. The highest BCUT2D eigenvalue weighted by Gasteiger charge is 2.14. The fourth-order valence-electron chi connectivity index (χ4n) is 3.50. The van der Waals surface area contributed by atoms with Crippen LogP contribution in [0.15, 0.2) is 53.5 Å². The van der Waals surface area contributed by atoms with Crippen LogP contribution in [0.5, 0.6) is 0 Å². The average Bonchev–Trinajstić information content (AvgIpc) is 2.77. The number of anilines is 4. The highest BCUT2D eigenvalue weighted by atomic mass is 16.2. The third-order valence-electron chi connectivity index (χ3n) is 5.02. The predicted octanol–water partition coefficient (Wildman–Crippen LogP) is 2.71. The monoisotopic (exact) mass is 419 g/mol. The fourth-order valence-corrected chi connectivity index (χ4v) is 3.50. The van der Waals surface area contributed by atoms with Gasteiger partial charge in [0.05, 0.1) is 0 Å². The minimum atomic E-state index is -0.324. The number of nitrogens with one attached hydrogen (secondary N) is 2. The summed E-state index contributed by atoms with van der Waals surface area (Å²) < 4.78 is 1.11. The maximum Gasteiger partial charge on any atom is 0.267 e. The Morgan fingerprint density at radius 3 is 2.52 bits per heavy atom. The summed E-state index contributed by atoms with van der Waals surface area (Å²) in [6, 6.07) is 12.2. The van der Waals surface area contributed by atoms with Gasteiger partial charge in [-0.15, -0.1) is 0 Å². The molecule has 9 heteroatoms. The standard InChI is InChI=1S/C22H25N7O2/c1-16-14-19(28-12-3-2-4-13-28)27-22(24-16)26-18-9-7-17(8-10-18)25-20(30)15-29-21(31)6-5-11-23-29/h5-11,14H,2-4,12-13,15H2,1H3,(H,25,30)(H,24,26,27). The van der Waals surface area contributed by atoms with Crippen molar-refractivity contribution in [2.45, 2.75) is 32.7 Å². The number of piperidine rings is 1. The summed E-state index contributed by atoms with van der Waals surface area (Å²) in [5.41, 5.74) is 2.03. The number of carbonyl (C=O) groups is 1. The second-order valence-electron chi connectivity index (χ2n) is 7.51. The van der Waals surface area contributed by atoms with Crippen LogP contribution in [-0.4, -0.2) is 38.7 Å². The highest BCUT2D eigenvalue weighted by Crippen LogP contribution is 2.22. The molecule has 1 aliphatic heterocycles. The Morgan fingerprint density at radius 1 is 1.03 bits per heavy atom. The van der Waals surface area contributed by atoms with Crippen molar-refractivity contribution in [1.82, 2.24) is 19.7 Å². The SMILES string of the molecule is Cc1cc(N2CCCCC2)nc(Nc2ccc(NC(=O)Cn3ncccc3=O)cc2)n1. The molecule has 3 aromatic rings. The van der Waals surface area contributed by atoms with Crippen LogP contribution in [0.25, 0.3) is 0 Å². The summed E-state index contributed by atoms with van der Waals surface area (Å²) in [7, 11) is 0. The zero-order valence-corrected chi connectivity index (χ0v) is 17.4. The number of rotatable bonds is 6. The number of aromatic nitrogens is 4. The molecule has 2 aromatic heterocycles. The van der Waals surface area contributed by atoms with Crippen molar-refractivity contribution in [2.75, 3.05) is 28.6 Å². The molecule has 0 atom stereocenters. The smallest absolute Gasteiger partial charge is 0.267 e. The summed E-state index contributed by atoms with van der Waals surface area (Å²) in [5.74, 6) is 1.17. The van der Waals surface area contributed by atoms with Gasteiger partial charge >= 0.3 is 0 Å². The number of benzene rings is 1. The van der Waals surface area contributed by atoms with E-state index in [1.807, 2.05) is 25.1 Å². The molecule has 0 saturated carbocycles. The van der Waals surface area contributed by atoms with E-state index in [-0.39, 0.29) is 18.0 Å². The molecule has 0 aliphatic carbocycles. The maximum atomic E-state index is 12.2. The fraction of sp³-hybridized carbons (Fsp3) is 0.318. The Balaban J connectivity index is 1.39. The van der Waals surface area contributed by atoms with E-state index in [4.69, 9.17) is 0 Å². The number of hydrogen-bond acceptors (Lipinski definition) is 7. The van der Waals surface area contributed by atoms with Crippen molar-refractivity contribution in [3.63, 3.8) is 0 Å². The van der Waals surface area contributed by atoms with Gasteiger partial charge in [0, 0.05) is 48.5 Å². The normalized spacial score (nSPS) is 13.6. The van der Waals surface area contributed by atoms with Crippen LogP contribution in [0.3, 0.4) is 0 Å². The number of aryl methyl sites for hydroxylation is 1. The van der Waals surface area contributed by atoms with Gasteiger partial charge in [0.1, 0.15) is 12.4 Å². The van der Waals surface area contributed by atoms with Crippen LogP contribution >= 0.6 is 0 Å². The summed E-state index contributed by atoms with van der Waals surface area (Å²) in [6.45, 7) is 3.87. The van der Waals surface area contributed by atoms with E-state index < -0.39 is 0 Å². The van der Waals surface area contributed by atoms with Crippen LogP contribution in [0.1, 0.15) is 25.0 Å². The Labute approximate surface area is 180 Å². The lowest BCUT2D eigenvalue weighted by Gasteiger charge is -2.28. The van der Waals surface area contributed by atoms with Gasteiger partial charge in [-0.3, -0.25) is 9.59 Å². The Hall–Kier alpha value is -3.75. The Morgan fingerprint density at radius 2 is 1.77 bits per heavy atom. The van der Waals surface area contributed by atoms with E-state index in [9.17, 15) is 9.59 Å². The zero-order chi connectivity index (χ0) is 21.6. The third kappa shape index (κ3) is 5.44. The molecule has 3 heterocycles. The van der Waals surface area contributed by atoms with E-state index in [1.54, 1.807) is 12.1 Å². The largest absolute Gasteiger partial charge is 0.356 e. The molecule has 0 unspecified atom stereocenters. The minimum absolute atomic E-state index is 0.143. The lowest BCUT2D eigenvalue weighted by Crippen LogP contribution is -2.30. The van der Waals surface area contributed by atoms with E-state index in [2.05, 4.69) is 30.6 Å². The molecule has 31 heavy (non-hydrogen) atoms.